The first kappa shape index (κ1) is 12.0. The Hall–Kier alpha value is -1.09. The molecule has 1 heterocycles. The minimum atomic E-state index is -0.512. The average molecular weight is 248 g/mol. The SMILES string of the molecule is C=C1CC[C@H]2C(=C)C[C@@H](O)[C@@H]3[C@@H](OC(=O)[C@@H]3C)[C@@H]12. The molecule has 0 amide bonds. The van der Waals surface area contributed by atoms with Gasteiger partial charge >= 0.3 is 5.97 Å². The number of hydrogen-bond acceptors (Lipinski definition) is 3. The summed E-state index contributed by atoms with van der Waals surface area (Å²) < 4.78 is 5.56. The number of carbonyl (C=O) groups excluding carboxylic acids is 1. The molecule has 2 aliphatic carbocycles. The van der Waals surface area contributed by atoms with Crippen molar-refractivity contribution in [3.63, 3.8) is 0 Å². The highest BCUT2D eigenvalue weighted by Gasteiger charge is 2.54. The molecule has 1 aliphatic heterocycles. The lowest BCUT2D eigenvalue weighted by molar-refractivity contribution is -0.145. The Kier molecular flexibility index (Phi) is 2.63. The zero-order valence-corrected chi connectivity index (χ0v) is 10.8. The Morgan fingerprint density at radius 2 is 2.06 bits per heavy atom. The van der Waals surface area contributed by atoms with Gasteiger partial charge in [0, 0.05) is 11.8 Å². The predicted molar refractivity (Wildman–Crippen MR) is 67.7 cm³/mol. The number of ether oxygens (including phenoxy) is 1. The van der Waals surface area contributed by atoms with Crippen LogP contribution in [0.5, 0.6) is 0 Å². The number of aliphatic hydroxyl groups excluding tert-OH is 1. The smallest absolute Gasteiger partial charge is 0.309 e. The van der Waals surface area contributed by atoms with Crippen LogP contribution in [0.25, 0.3) is 0 Å². The van der Waals surface area contributed by atoms with Gasteiger partial charge in [0.2, 0.25) is 0 Å². The maximum atomic E-state index is 11.8. The number of fused-ring (bicyclic) bond motifs is 3. The van der Waals surface area contributed by atoms with E-state index in [0.29, 0.717) is 12.3 Å². The van der Waals surface area contributed by atoms with Crippen molar-refractivity contribution in [1.82, 2.24) is 0 Å². The Bertz CT molecular complexity index is 425. The van der Waals surface area contributed by atoms with Gasteiger partial charge in [-0.3, -0.25) is 4.79 Å². The van der Waals surface area contributed by atoms with Crippen LogP contribution in [0, 0.1) is 23.7 Å². The molecule has 3 aliphatic rings. The zero-order valence-electron chi connectivity index (χ0n) is 10.8. The van der Waals surface area contributed by atoms with Gasteiger partial charge in [-0.1, -0.05) is 31.2 Å². The number of carbonyl (C=O) groups is 1. The fraction of sp³-hybridized carbons (Fsp3) is 0.667. The van der Waals surface area contributed by atoms with Crippen LogP contribution in [0.15, 0.2) is 24.3 Å². The Morgan fingerprint density at radius 1 is 1.33 bits per heavy atom. The van der Waals surface area contributed by atoms with E-state index in [1.807, 2.05) is 6.92 Å². The van der Waals surface area contributed by atoms with Gasteiger partial charge in [-0.2, -0.15) is 0 Å². The number of esters is 1. The normalized spacial score (nSPS) is 47.6. The van der Waals surface area contributed by atoms with Crippen LogP contribution in [0.4, 0.5) is 0 Å². The highest BCUT2D eigenvalue weighted by atomic mass is 16.6. The van der Waals surface area contributed by atoms with E-state index in [2.05, 4.69) is 13.2 Å². The Morgan fingerprint density at radius 3 is 2.78 bits per heavy atom. The van der Waals surface area contributed by atoms with Gasteiger partial charge in [-0.05, 0) is 25.2 Å². The fourth-order valence-electron chi connectivity index (χ4n) is 4.07. The van der Waals surface area contributed by atoms with E-state index in [-0.39, 0.29) is 29.8 Å². The van der Waals surface area contributed by atoms with Crippen molar-refractivity contribution in [3.05, 3.63) is 24.3 Å². The minimum Gasteiger partial charge on any atom is -0.461 e. The molecule has 1 N–H and O–H groups in total. The topological polar surface area (TPSA) is 46.5 Å². The summed E-state index contributed by atoms with van der Waals surface area (Å²) in [6.07, 6.45) is 1.91. The molecule has 0 aromatic rings. The van der Waals surface area contributed by atoms with Crippen LogP contribution in [0.2, 0.25) is 0 Å². The Balaban J connectivity index is 2.02. The quantitative estimate of drug-likeness (QED) is 0.527. The third-order valence-corrected chi connectivity index (χ3v) is 5.06. The molecular formula is C15H20O3. The molecule has 6 atom stereocenters. The van der Waals surface area contributed by atoms with E-state index < -0.39 is 6.10 Å². The Labute approximate surface area is 108 Å². The van der Waals surface area contributed by atoms with E-state index in [9.17, 15) is 9.90 Å². The summed E-state index contributed by atoms with van der Waals surface area (Å²) in [4.78, 5) is 11.8. The second-order valence-corrected chi connectivity index (χ2v) is 6.03. The van der Waals surface area contributed by atoms with Crippen LogP contribution >= 0.6 is 0 Å². The second-order valence-electron chi connectivity index (χ2n) is 6.03. The minimum absolute atomic E-state index is 0.0981. The molecule has 0 bridgehead atoms. The summed E-state index contributed by atoms with van der Waals surface area (Å²) in [5, 5.41) is 10.3. The first-order valence-electron chi connectivity index (χ1n) is 6.74. The van der Waals surface area contributed by atoms with Crippen molar-refractivity contribution < 1.29 is 14.6 Å². The van der Waals surface area contributed by atoms with Gasteiger partial charge in [-0.15, -0.1) is 0 Å². The molecule has 3 heteroatoms. The van der Waals surface area contributed by atoms with E-state index >= 15 is 0 Å². The second kappa shape index (κ2) is 3.95. The van der Waals surface area contributed by atoms with E-state index in [4.69, 9.17) is 4.74 Å². The number of aliphatic hydroxyl groups is 1. The third-order valence-electron chi connectivity index (χ3n) is 5.06. The number of hydrogen-bond donors (Lipinski definition) is 1. The molecule has 3 fully saturated rings. The summed E-state index contributed by atoms with van der Waals surface area (Å²) in [6, 6.07) is 0. The van der Waals surface area contributed by atoms with Gasteiger partial charge in [0.25, 0.3) is 0 Å². The molecule has 18 heavy (non-hydrogen) atoms. The van der Waals surface area contributed by atoms with Gasteiger partial charge in [0.15, 0.2) is 0 Å². The van der Waals surface area contributed by atoms with Gasteiger partial charge in [0.05, 0.1) is 12.0 Å². The summed E-state index contributed by atoms with van der Waals surface area (Å²) in [5.74, 6) is 0.0212. The number of rotatable bonds is 0. The molecule has 0 aromatic heterocycles. The van der Waals surface area contributed by atoms with Crippen LogP contribution in [-0.2, 0) is 9.53 Å². The lowest BCUT2D eigenvalue weighted by atomic mass is 9.79. The highest BCUT2D eigenvalue weighted by Crippen LogP contribution is 2.52. The maximum absolute atomic E-state index is 11.8. The standard InChI is InChI=1S/C15H20O3/c1-7-4-5-10-8(2)6-11(16)13-9(3)15(17)18-14(13)12(7)10/h9-14,16H,1-2,4-6H2,3H3/t9-,10+,11-,12+,13-,14+/m1/s1. The van der Waals surface area contributed by atoms with Crippen LogP contribution < -0.4 is 0 Å². The van der Waals surface area contributed by atoms with E-state index in [1.54, 1.807) is 0 Å². The van der Waals surface area contributed by atoms with Crippen LogP contribution in [0.3, 0.4) is 0 Å². The van der Waals surface area contributed by atoms with Gasteiger partial charge < -0.3 is 9.84 Å². The highest BCUT2D eigenvalue weighted by molar-refractivity contribution is 5.75. The van der Waals surface area contributed by atoms with Crippen LogP contribution in [0.1, 0.15) is 26.2 Å². The summed E-state index contributed by atoms with van der Waals surface area (Å²) >= 11 is 0. The summed E-state index contributed by atoms with van der Waals surface area (Å²) in [7, 11) is 0. The third kappa shape index (κ3) is 1.50. The molecule has 3 rings (SSSR count). The predicted octanol–water partition coefficient (Wildman–Crippen LogP) is 2.07. The van der Waals surface area contributed by atoms with E-state index in [0.717, 1.165) is 24.0 Å². The van der Waals surface area contributed by atoms with E-state index in [1.165, 1.54) is 0 Å². The van der Waals surface area contributed by atoms with Crippen molar-refractivity contribution in [3.8, 4) is 0 Å². The molecule has 0 unspecified atom stereocenters. The van der Waals surface area contributed by atoms with Crippen molar-refractivity contribution >= 4 is 5.97 Å². The fourth-order valence-corrected chi connectivity index (χ4v) is 4.07. The monoisotopic (exact) mass is 248 g/mol. The van der Waals surface area contributed by atoms with Gasteiger partial charge in [-0.25, -0.2) is 0 Å². The summed E-state index contributed by atoms with van der Waals surface area (Å²) in [6.45, 7) is 10.1. The molecule has 0 radical (unpaired) electrons. The van der Waals surface area contributed by atoms with Crippen molar-refractivity contribution in [2.75, 3.05) is 0 Å². The molecule has 0 spiro atoms. The van der Waals surface area contributed by atoms with Gasteiger partial charge in [0.1, 0.15) is 6.10 Å². The average Bonchev–Trinajstić information content (AvgIpc) is 2.77. The van der Waals surface area contributed by atoms with Crippen molar-refractivity contribution in [1.29, 1.82) is 0 Å². The van der Waals surface area contributed by atoms with Crippen LogP contribution in [-0.4, -0.2) is 23.3 Å². The maximum Gasteiger partial charge on any atom is 0.309 e. The molecular weight excluding hydrogens is 228 g/mol. The molecule has 3 nitrogen and oxygen atoms in total. The first-order chi connectivity index (χ1) is 8.50. The molecule has 0 aromatic carbocycles. The largest absolute Gasteiger partial charge is 0.461 e. The van der Waals surface area contributed by atoms with Crippen molar-refractivity contribution in [2.24, 2.45) is 23.7 Å². The molecule has 1 saturated heterocycles. The zero-order chi connectivity index (χ0) is 13.0. The lowest BCUT2D eigenvalue weighted by Crippen LogP contribution is -2.35. The summed E-state index contributed by atoms with van der Waals surface area (Å²) in [5.41, 5.74) is 2.26. The first-order valence-corrected chi connectivity index (χ1v) is 6.74. The van der Waals surface area contributed by atoms with Crippen molar-refractivity contribution in [2.45, 2.75) is 38.4 Å². The lowest BCUT2D eigenvalue weighted by Gasteiger charge is -2.27. The molecule has 2 saturated carbocycles. The molecule has 98 valence electrons.